The minimum atomic E-state index is 0.153. The minimum absolute atomic E-state index is 0.153. The number of carbonyl (C=O) groups excluding carboxylic acids is 1. The molecule has 1 aliphatic rings. The molecule has 0 spiro atoms. The highest BCUT2D eigenvalue weighted by atomic mass is 35.5. The van der Waals surface area contributed by atoms with Gasteiger partial charge in [0.1, 0.15) is 0 Å². The van der Waals surface area contributed by atoms with Crippen LogP contribution in [0.4, 0.5) is 0 Å². The first-order valence-electron chi connectivity index (χ1n) is 7.87. The van der Waals surface area contributed by atoms with Gasteiger partial charge in [0.05, 0.1) is 0 Å². The second-order valence-corrected chi connectivity index (χ2v) is 6.39. The number of hydrogen-bond acceptors (Lipinski definition) is 2. The molecule has 2 N–H and O–H groups in total. The summed E-state index contributed by atoms with van der Waals surface area (Å²) in [7, 11) is 0. The van der Waals surface area contributed by atoms with Crippen LogP contribution in [-0.4, -0.2) is 25.5 Å². The fraction of sp³-hybridized carbons (Fsp3) is 0.588. The lowest BCUT2D eigenvalue weighted by Gasteiger charge is -2.28. The maximum Gasteiger partial charge on any atom is 0.220 e. The molecule has 1 amide bonds. The molecule has 1 aliphatic heterocycles. The molecule has 2 unspecified atom stereocenters. The zero-order valence-corrected chi connectivity index (χ0v) is 13.5. The Morgan fingerprint density at radius 1 is 1.48 bits per heavy atom. The summed E-state index contributed by atoms with van der Waals surface area (Å²) < 4.78 is 0. The van der Waals surface area contributed by atoms with E-state index in [-0.39, 0.29) is 5.91 Å². The molecule has 1 aromatic carbocycles. The molecule has 4 heteroatoms. The molecule has 1 heterocycles. The van der Waals surface area contributed by atoms with E-state index in [0.29, 0.717) is 24.8 Å². The van der Waals surface area contributed by atoms with Crippen molar-refractivity contribution in [3.63, 3.8) is 0 Å². The summed E-state index contributed by atoms with van der Waals surface area (Å²) in [6.45, 7) is 5.00. The summed E-state index contributed by atoms with van der Waals surface area (Å²) in [4.78, 5) is 12.0. The molecule has 0 aromatic heterocycles. The largest absolute Gasteiger partial charge is 0.356 e. The van der Waals surface area contributed by atoms with Crippen molar-refractivity contribution >= 4 is 17.5 Å². The van der Waals surface area contributed by atoms with E-state index in [1.54, 1.807) is 0 Å². The quantitative estimate of drug-likeness (QED) is 0.848. The summed E-state index contributed by atoms with van der Waals surface area (Å²) in [5.41, 5.74) is 1.09. The maximum atomic E-state index is 12.0. The molecular formula is C17H25ClN2O. The van der Waals surface area contributed by atoms with Crippen molar-refractivity contribution in [3.05, 3.63) is 34.9 Å². The van der Waals surface area contributed by atoms with Gasteiger partial charge in [0.2, 0.25) is 5.91 Å². The standard InChI is InChI=1S/C17H25ClN2O/c1-13(15-6-4-9-19-12-15)11-17(21)20-10-8-14-5-2-3-7-16(14)18/h2-3,5,7,13,15,19H,4,6,8-12H2,1H3,(H,20,21). The van der Waals surface area contributed by atoms with Crippen molar-refractivity contribution in [1.29, 1.82) is 0 Å². The first-order valence-corrected chi connectivity index (χ1v) is 8.25. The van der Waals surface area contributed by atoms with Crippen LogP contribution in [0, 0.1) is 11.8 Å². The van der Waals surface area contributed by atoms with Crippen LogP contribution < -0.4 is 10.6 Å². The third-order valence-corrected chi connectivity index (χ3v) is 4.69. The Bertz CT molecular complexity index is 458. The fourth-order valence-corrected chi connectivity index (χ4v) is 3.16. The van der Waals surface area contributed by atoms with Gasteiger partial charge in [-0.05, 0) is 55.8 Å². The summed E-state index contributed by atoms with van der Waals surface area (Å²) in [6.07, 6.45) is 3.86. The third-order valence-electron chi connectivity index (χ3n) is 4.32. The van der Waals surface area contributed by atoms with E-state index < -0.39 is 0 Å². The topological polar surface area (TPSA) is 41.1 Å². The summed E-state index contributed by atoms with van der Waals surface area (Å²) >= 11 is 6.11. The van der Waals surface area contributed by atoms with Crippen molar-refractivity contribution in [2.45, 2.75) is 32.6 Å². The highest BCUT2D eigenvalue weighted by Crippen LogP contribution is 2.22. The van der Waals surface area contributed by atoms with E-state index in [0.717, 1.165) is 30.1 Å². The van der Waals surface area contributed by atoms with Crippen LogP contribution in [0.25, 0.3) is 0 Å². The minimum Gasteiger partial charge on any atom is -0.356 e. The second-order valence-electron chi connectivity index (χ2n) is 5.98. The number of piperidine rings is 1. The molecule has 21 heavy (non-hydrogen) atoms. The normalized spacial score (nSPS) is 20.0. The molecule has 1 fully saturated rings. The van der Waals surface area contributed by atoms with Crippen molar-refractivity contribution in [2.24, 2.45) is 11.8 Å². The van der Waals surface area contributed by atoms with Crippen LogP contribution in [0.15, 0.2) is 24.3 Å². The number of halogens is 1. The predicted octanol–water partition coefficient (Wildman–Crippen LogP) is 3.02. The average Bonchev–Trinajstić information content (AvgIpc) is 2.50. The van der Waals surface area contributed by atoms with E-state index >= 15 is 0 Å². The van der Waals surface area contributed by atoms with Crippen LogP contribution >= 0.6 is 11.6 Å². The Hall–Kier alpha value is -1.06. The van der Waals surface area contributed by atoms with Gasteiger partial charge in [-0.1, -0.05) is 36.7 Å². The maximum absolute atomic E-state index is 12.0. The average molecular weight is 309 g/mol. The predicted molar refractivity (Wildman–Crippen MR) is 87.5 cm³/mol. The smallest absolute Gasteiger partial charge is 0.220 e. The van der Waals surface area contributed by atoms with Crippen LogP contribution in [0.5, 0.6) is 0 Å². The van der Waals surface area contributed by atoms with Gasteiger partial charge in [0.25, 0.3) is 0 Å². The van der Waals surface area contributed by atoms with Crippen molar-refractivity contribution in [3.8, 4) is 0 Å². The Labute approximate surface area is 132 Å². The Morgan fingerprint density at radius 3 is 3.00 bits per heavy atom. The number of carbonyl (C=O) groups is 1. The van der Waals surface area contributed by atoms with E-state index in [4.69, 9.17) is 11.6 Å². The van der Waals surface area contributed by atoms with E-state index in [1.807, 2.05) is 24.3 Å². The van der Waals surface area contributed by atoms with Crippen molar-refractivity contribution in [1.82, 2.24) is 10.6 Å². The van der Waals surface area contributed by atoms with Gasteiger partial charge >= 0.3 is 0 Å². The monoisotopic (exact) mass is 308 g/mol. The van der Waals surface area contributed by atoms with Crippen molar-refractivity contribution < 1.29 is 4.79 Å². The van der Waals surface area contributed by atoms with Gasteiger partial charge in [-0.25, -0.2) is 0 Å². The van der Waals surface area contributed by atoms with Gasteiger partial charge in [-0.3, -0.25) is 4.79 Å². The van der Waals surface area contributed by atoms with Gasteiger partial charge in [-0.2, -0.15) is 0 Å². The molecule has 3 nitrogen and oxygen atoms in total. The molecular weight excluding hydrogens is 284 g/mol. The summed E-state index contributed by atoms with van der Waals surface area (Å²) in [6, 6.07) is 7.78. The van der Waals surface area contributed by atoms with Crippen LogP contribution in [-0.2, 0) is 11.2 Å². The molecule has 1 saturated heterocycles. The molecule has 2 atom stereocenters. The highest BCUT2D eigenvalue weighted by Gasteiger charge is 2.21. The Morgan fingerprint density at radius 2 is 2.29 bits per heavy atom. The van der Waals surface area contributed by atoms with Gasteiger partial charge < -0.3 is 10.6 Å². The lowest BCUT2D eigenvalue weighted by molar-refractivity contribution is -0.122. The zero-order valence-electron chi connectivity index (χ0n) is 12.7. The molecule has 2 rings (SSSR count). The molecule has 116 valence electrons. The van der Waals surface area contributed by atoms with Crippen LogP contribution in [0.3, 0.4) is 0 Å². The third kappa shape index (κ3) is 5.33. The molecule has 0 aliphatic carbocycles. The van der Waals surface area contributed by atoms with E-state index in [1.165, 1.54) is 12.8 Å². The van der Waals surface area contributed by atoms with Gasteiger partial charge in [0.15, 0.2) is 0 Å². The molecule has 0 bridgehead atoms. The zero-order chi connectivity index (χ0) is 15.1. The lowest BCUT2D eigenvalue weighted by Crippen LogP contribution is -2.36. The first-order chi connectivity index (χ1) is 10.2. The molecule has 1 aromatic rings. The first kappa shape index (κ1) is 16.3. The number of rotatable bonds is 6. The Kier molecular flexibility index (Phi) is 6.52. The number of hydrogen-bond donors (Lipinski definition) is 2. The van der Waals surface area contributed by atoms with Crippen LogP contribution in [0.1, 0.15) is 31.7 Å². The molecule has 0 saturated carbocycles. The van der Waals surface area contributed by atoms with Crippen LogP contribution in [0.2, 0.25) is 5.02 Å². The number of nitrogens with one attached hydrogen (secondary N) is 2. The van der Waals surface area contributed by atoms with Crippen molar-refractivity contribution in [2.75, 3.05) is 19.6 Å². The lowest BCUT2D eigenvalue weighted by atomic mass is 9.85. The number of amides is 1. The summed E-state index contributed by atoms with van der Waals surface area (Å²) in [5, 5.41) is 7.20. The summed E-state index contributed by atoms with van der Waals surface area (Å²) in [5.74, 6) is 1.23. The molecule has 0 radical (unpaired) electrons. The SMILES string of the molecule is CC(CC(=O)NCCc1ccccc1Cl)C1CCCNC1. The fourth-order valence-electron chi connectivity index (χ4n) is 2.93. The second kappa shape index (κ2) is 8.40. The number of benzene rings is 1. The van der Waals surface area contributed by atoms with Gasteiger partial charge in [0, 0.05) is 18.0 Å². The van der Waals surface area contributed by atoms with E-state index in [9.17, 15) is 4.79 Å². The Balaban J connectivity index is 1.68. The van der Waals surface area contributed by atoms with Gasteiger partial charge in [-0.15, -0.1) is 0 Å². The van der Waals surface area contributed by atoms with E-state index in [2.05, 4.69) is 17.6 Å². The highest BCUT2D eigenvalue weighted by molar-refractivity contribution is 6.31.